The summed E-state index contributed by atoms with van der Waals surface area (Å²) >= 11 is 0. The van der Waals surface area contributed by atoms with Gasteiger partial charge in [-0.2, -0.15) is 0 Å². The number of hydrogen-bond acceptors (Lipinski definition) is 2. The number of hydrogen-bond donors (Lipinski definition) is 1. The van der Waals surface area contributed by atoms with Gasteiger partial charge in [0.25, 0.3) is 0 Å². The van der Waals surface area contributed by atoms with Gasteiger partial charge in [0.1, 0.15) is 0 Å². The molecule has 4 heteroatoms. The van der Waals surface area contributed by atoms with Crippen LogP contribution in [0.25, 0.3) is 0 Å². The van der Waals surface area contributed by atoms with Crippen molar-refractivity contribution in [2.45, 2.75) is 27.2 Å². The second-order valence-corrected chi connectivity index (χ2v) is 5.88. The fourth-order valence-corrected chi connectivity index (χ4v) is 1.63. The minimum atomic E-state index is -3.00. The van der Waals surface area contributed by atoms with Gasteiger partial charge >= 0.3 is 0 Å². The van der Waals surface area contributed by atoms with E-state index < -0.39 is 10.0 Å². The summed E-state index contributed by atoms with van der Waals surface area (Å²) in [7, 11) is -1.56. The lowest BCUT2D eigenvalue weighted by Gasteiger charge is -2.17. The summed E-state index contributed by atoms with van der Waals surface area (Å²) in [5.41, 5.74) is 0.0872. The van der Waals surface area contributed by atoms with E-state index in [0.29, 0.717) is 6.42 Å². The Balaban J connectivity index is 3.91. The molecule has 0 radical (unpaired) electrons. The average Bonchev–Trinajstić information content (AvgIpc) is 1.83. The second kappa shape index (κ2) is 3.54. The highest BCUT2D eigenvalue weighted by atomic mass is 32.2. The second-order valence-electron chi connectivity index (χ2n) is 3.83. The molecule has 0 aliphatic heterocycles. The van der Waals surface area contributed by atoms with Crippen LogP contribution in [0.4, 0.5) is 0 Å². The minimum absolute atomic E-state index is 0.0872. The molecule has 0 fully saturated rings. The lowest BCUT2D eigenvalue weighted by Crippen LogP contribution is -2.24. The Labute approximate surface area is 69.2 Å². The first-order chi connectivity index (χ1) is 4.77. The quantitative estimate of drug-likeness (QED) is 0.701. The zero-order chi connectivity index (χ0) is 9.12. The molecule has 0 bridgehead atoms. The van der Waals surface area contributed by atoms with Crippen molar-refractivity contribution in [3.05, 3.63) is 0 Å². The van der Waals surface area contributed by atoms with Crippen LogP contribution in [0, 0.1) is 5.41 Å². The molecule has 68 valence electrons. The number of sulfonamides is 1. The summed E-state index contributed by atoms with van der Waals surface area (Å²) in [6.07, 6.45) is 0.691. The molecule has 1 N–H and O–H groups in total. The normalized spacial score (nSPS) is 13.5. The van der Waals surface area contributed by atoms with E-state index in [9.17, 15) is 8.42 Å². The van der Waals surface area contributed by atoms with Crippen LogP contribution in [0.2, 0.25) is 0 Å². The van der Waals surface area contributed by atoms with Crippen LogP contribution in [0.1, 0.15) is 27.2 Å². The van der Waals surface area contributed by atoms with Crippen LogP contribution in [-0.4, -0.2) is 21.2 Å². The smallest absolute Gasteiger partial charge is 0.211 e. The van der Waals surface area contributed by atoms with Crippen LogP contribution in [-0.2, 0) is 10.0 Å². The van der Waals surface area contributed by atoms with Crippen molar-refractivity contribution >= 4 is 10.0 Å². The van der Waals surface area contributed by atoms with Crippen LogP contribution in [0.15, 0.2) is 0 Å². The van der Waals surface area contributed by atoms with Crippen molar-refractivity contribution in [1.82, 2.24) is 4.72 Å². The van der Waals surface area contributed by atoms with E-state index in [2.05, 4.69) is 4.72 Å². The number of nitrogens with one attached hydrogen (secondary N) is 1. The van der Waals surface area contributed by atoms with Gasteiger partial charge in [-0.3, -0.25) is 0 Å². The van der Waals surface area contributed by atoms with Gasteiger partial charge in [-0.05, 0) is 18.9 Å². The van der Waals surface area contributed by atoms with Crippen LogP contribution >= 0.6 is 0 Å². The molecule has 0 rings (SSSR count). The summed E-state index contributed by atoms with van der Waals surface area (Å²) in [6, 6.07) is 0. The molecule has 0 aromatic carbocycles. The third kappa shape index (κ3) is 6.31. The van der Waals surface area contributed by atoms with Gasteiger partial charge < -0.3 is 0 Å². The minimum Gasteiger partial charge on any atom is -0.218 e. The Morgan fingerprint density at radius 3 is 2.00 bits per heavy atom. The van der Waals surface area contributed by atoms with E-state index >= 15 is 0 Å². The first kappa shape index (κ1) is 10.9. The molecule has 0 aliphatic rings. The van der Waals surface area contributed by atoms with Gasteiger partial charge in [-0.1, -0.05) is 20.8 Å². The van der Waals surface area contributed by atoms with E-state index in [1.54, 1.807) is 0 Å². The zero-order valence-corrected chi connectivity index (χ0v) is 8.46. The van der Waals surface area contributed by atoms with Gasteiger partial charge in [0.15, 0.2) is 0 Å². The fraction of sp³-hybridized carbons (Fsp3) is 1.00. The van der Waals surface area contributed by atoms with E-state index in [-0.39, 0.29) is 11.2 Å². The monoisotopic (exact) mass is 179 g/mol. The Bertz CT molecular complexity index is 201. The molecule has 0 aliphatic carbocycles. The molecule has 0 saturated carbocycles. The Morgan fingerprint density at radius 1 is 1.27 bits per heavy atom. The molecule has 11 heavy (non-hydrogen) atoms. The van der Waals surface area contributed by atoms with E-state index in [1.165, 1.54) is 7.05 Å². The fourth-order valence-electron chi connectivity index (χ4n) is 0.543. The molecule has 0 amide bonds. The van der Waals surface area contributed by atoms with Crippen LogP contribution in [0.5, 0.6) is 0 Å². The van der Waals surface area contributed by atoms with Crippen molar-refractivity contribution in [2.75, 3.05) is 12.8 Å². The predicted molar refractivity (Wildman–Crippen MR) is 46.9 cm³/mol. The lowest BCUT2D eigenvalue weighted by molar-refractivity contribution is 0.396. The molecule has 0 spiro atoms. The molecule has 0 aromatic heterocycles. The van der Waals surface area contributed by atoms with Crippen molar-refractivity contribution < 1.29 is 8.42 Å². The maximum Gasteiger partial charge on any atom is 0.211 e. The van der Waals surface area contributed by atoms with Gasteiger partial charge in [-0.15, -0.1) is 0 Å². The average molecular weight is 179 g/mol. The van der Waals surface area contributed by atoms with Crippen molar-refractivity contribution in [1.29, 1.82) is 0 Å². The van der Waals surface area contributed by atoms with Crippen LogP contribution in [0.3, 0.4) is 0 Å². The first-order valence-corrected chi connectivity index (χ1v) is 5.33. The Morgan fingerprint density at radius 2 is 1.73 bits per heavy atom. The van der Waals surface area contributed by atoms with Gasteiger partial charge in [0, 0.05) is 0 Å². The zero-order valence-electron chi connectivity index (χ0n) is 7.64. The Kier molecular flexibility index (Phi) is 3.51. The van der Waals surface area contributed by atoms with Crippen LogP contribution < -0.4 is 4.72 Å². The molecule has 0 heterocycles. The standard InChI is InChI=1S/C7H17NO2S/c1-7(2,3)5-6-11(9,10)8-4/h8H,5-6H2,1-4H3. The van der Waals surface area contributed by atoms with Gasteiger partial charge in [0.2, 0.25) is 10.0 Å². The number of rotatable bonds is 3. The van der Waals surface area contributed by atoms with E-state index in [4.69, 9.17) is 0 Å². The maximum atomic E-state index is 10.9. The summed E-state index contributed by atoms with van der Waals surface area (Å²) in [6.45, 7) is 6.08. The predicted octanol–water partition coefficient (Wildman–Crippen LogP) is 0.972. The van der Waals surface area contributed by atoms with Gasteiger partial charge in [-0.25, -0.2) is 13.1 Å². The molecule has 0 atom stereocenters. The first-order valence-electron chi connectivity index (χ1n) is 3.68. The van der Waals surface area contributed by atoms with Crippen molar-refractivity contribution in [3.8, 4) is 0 Å². The summed E-state index contributed by atoms with van der Waals surface area (Å²) < 4.78 is 24.2. The SMILES string of the molecule is CNS(=O)(=O)CCC(C)(C)C. The molecule has 0 unspecified atom stereocenters. The van der Waals surface area contributed by atoms with Crippen molar-refractivity contribution in [2.24, 2.45) is 5.41 Å². The summed E-state index contributed by atoms with van der Waals surface area (Å²) in [5.74, 6) is 0.215. The summed E-state index contributed by atoms with van der Waals surface area (Å²) in [5, 5.41) is 0. The molecular formula is C7H17NO2S. The highest BCUT2D eigenvalue weighted by Crippen LogP contribution is 2.18. The van der Waals surface area contributed by atoms with Gasteiger partial charge in [0.05, 0.1) is 5.75 Å². The summed E-state index contributed by atoms with van der Waals surface area (Å²) in [4.78, 5) is 0. The molecule has 3 nitrogen and oxygen atoms in total. The highest BCUT2D eigenvalue weighted by molar-refractivity contribution is 7.89. The van der Waals surface area contributed by atoms with Crippen molar-refractivity contribution in [3.63, 3.8) is 0 Å². The molecule has 0 saturated heterocycles. The molecule has 0 aromatic rings. The topological polar surface area (TPSA) is 46.2 Å². The largest absolute Gasteiger partial charge is 0.218 e. The van der Waals surface area contributed by atoms with E-state index in [1.807, 2.05) is 20.8 Å². The maximum absolute atomic E-state index is 10.9. The third-order valence-corrected chi connectivity index (χ3v) is 2.80. The Hall–Kier alpha value is -0.0900. The lowest BCUT2D eigenvalue weighted by atomic mass is 9.94. The van der Waals surface area contributed by atoms with E-state index in [0.717, 1.165) is 0 Å². The highest BCUT2D eigenvalue weighted by Gasteiger charge is 2.15. The molecular weight excluding hydrogens is 162 g/mol. The third-order valence-electron chi connectivity index (χ3n) is 1.43.